The minimum atomic E-state index is -0.259. The lowest BCUT2D eigenvalue weighted by Gasteiger charge is -2.38. The summed E-state index contributed by atoms with van der Waals surface area (Å²) in [5.74, 6) is 0.129. The summed E-state index contributed by atoms with van der Waals surface area (Å²) in [6, 6.07) is 7.65. The van der Waals surface area contributed by atoms with Gasteiger partial charge in [-0.25, -0.2) is 0 Å². The summed E-state index contributed by atoms with van der Waals surface area (Å²) in [5, 5.41) is 0.708. The Morgan fingerprint density at radius 1 is 1.42 bits per heavy atom. The van der Waals surface area contributed by atoms with E-state index in [1.165, 1.54) is 0 Å². The molecule has 1 aromatic carbocycles. The second-order valence-electron chi connectivity index (χ2n) is 5.39. The maximum atomic E-state index is 12.3. The van der Waals surface area contributed by atoms with Gasteiger partial charge in [-0.3, -0.25) is 4.79 Å². The van der Waals surface area contributed by atoms with Gasteiger partial charge in [0.25, 0.3) is 0 Å². The SMILES string of the molecule is CCN(Cc1ccccc1Cl)C(=O)CC1(N)CCC1. The molecule has 0 heterocycles. The number of nitrogens with two attached hydrogens (primary N) is 1. The van der Waals surface area contributed by atoms with Gasteiger partial charge in [0, 0.05) is 30.1 Å². The summed E-state index contributed by atoms with van der Waals surface area (Å²) >= 11 is 6.14. The van der Waals surface area contributed by atoms with Gasteiger partial charge in [-0.1, -0.05) is 29.8 Å². The number of amides is 1. The van der Waals surface area contributed by atoms with Crippen LogP contribution in [0.5, 0.6) is 0 Å². The number of carbonyl (C=O) groups is 1. The fraction of sp³-hybridized carbons (Fsp3) is 0.533. The Balaban J connectivity index is 1.99. The molecule has 1 aliphatic rings. The number of carbonyl (C=O) groups excluding carboxylic acids is 1. The van der Waals surface area contributed by atoms with Crippen molar-refractivity contribution in [3.8, 4) is 0 Å². The van der Waals surface area contributed by atoms with Crippen LogP contribution in [0.15, 0.2) is 24.3 Å². The molecule has 0 unspecified atom stereocenters. The summed E-state index contributed by atoms with van der Waals surface area (Å²) in [5.41, 5.74) is 6.87. The van der Waals surface area contributed by atoms with Crippen LogP contribution in [0.1, 0.15) is 38.2 Å². The summed E-state index contributed by atoms with van der Waals surface area (Å²) < 4.78 is 0. The van der Waals surface area contributed by atoms with Crippen molar-refractivity contribution in [3.63, 3.8) is 0 Å². The fourth-order valence-electron chi connectivity index (χ4n) is 2.43. The molecule has 1 aliphatic carbocycles. The van der Waals surface area contributed by atoms with Gasteiger partial charge in [0.1, 0.15) is 0 Å². The smallest absolute Gasteiger partial charge is 0.224 e. The van der Waals surface area contributed by atoms with Gasteiger partial charge in [-0.05, 0) is 37.8 Å². The van der Waals surface area contributed by atoms with E-state index in [-0.39, 0.29) is 11.4 Å². The lowest BCUT2D eigenvalue weighted by atomic mass is 9.75. The molecule has 1 saturated carbocycles. The van der Waals surface area contributed by atoms with Crippen LogP contribution in [0.3, 0.4) is 0 Å². The molecule has 2 rings (SSSR count). The zero-order chi connectivity index (χ0) is 13.9. The highest BCUT2D eigenvalue weighted by Gasteiger charge is 2.35. The van der Waals surface area contributed by atoms with E-state index in [1.54, 1.807) is 0 Å². The first kappa shape index (κ1) is 14.4. The Bertz CT molecular complexity index is 457. The fourth-order valence-corrected chi connectivity index (χ4v) is 2.62. The number of rotatable bonds is 5. The zero-order valence-electron chi connectivity index (χ0n) is 11.4. The summed E-state index contributed by atoms with van der Waals surface area (Å²) in [4.78, 5) is 14.1. The van der Waals surface area contributed by atoms with Gasteiger partial charge < -0.3 is 10.6 Å². The van der Waals surface area contributed by atoms with Crippen LogP contribution < -0.4 is 5.73 Å². The van der Waals surface area contributed by atoms with E-state index in [9.17, 15) is 4.79 Å². The van der Waals surface area contributed by atoms with Crippen LogP contribution in [0, 0.1) is 0 Å². The molecular formula is C15H21ClN2O. The third kappa shape index (κ3) is 3.48. The van der Waals surface area contributed by atoms with E-state index in [2.05, 4.69) is 0 Å². The van der Waals surface area contributed by atoms with E-state index in [4.69, 9.17) is 17.3 Å². The molecule has 0 aromatic heterocycles. The quantitative estimate of drug-likeness (QED) is 0.901. The van der Waals surface area contributed by atoms with Crippen molar-refractivity contribution in [2.75, 3.05) is 6.54 Å². The molecule has 0 atom stereocenters. The van der Waals surface area contributed by atoms with Crippen LogP contribution in [0.25, 0.3) is 0 Å². The summed E-state index contributed by atoms with van der Waals surface area (Å²) in [6.07, 6.45) is 3.51. The lowest BCUT2D eigenvalue weighted by Crippen LogP contribution is -2.50. The first-order chi connectivity index (χ1) is 9.04. The molecule has 0 bridgehead atoms. The van der Waals surface area contributed by atoms with Crippen molar-refractivity contribution >= 4 is 17.5 Å². The van der Waals surface area contributed by atoms with Crippen molar-refractivity contribution in [2.45, 2.75) is 44.7 Å². The minimum Gasteiger partial charge on any atom is -0.339 e. The van der Waals surface area contributed by atoms with Gasteiger partial charge in [0.15, 0.2) is 0 Å². The van der Waals surface area contributed by atoms with E-state index in [0.717, 1.165) is 24.8 Å². The average molecular weight is 281 g/mol. The van der Waals surface area contributed by atoms with Crippen LogP contribution >= 0.6 is 11.6 Å². The molecule has 1 fully saturated rings. The normalized spacial score (nSPS) is 16.8. The number of benzene rings is 1. The number of hydrogen-bond acceptors (Lipinski definition) is 2. The highest BCUT2D eigenvalue weighted by atomic mass is 35.5. The van der Waals surface area contributed by atoms with Crippen molar-refractivity contribution in [1.82, 2.24) is 4.90 Å². The van der Waals surface area contributed by atoms with Crippen LogP contribution in [0.4, 0.5) is 0 Å². The third-order valence-electron chi connectivity index (χ3n) is 3.91. The molecule has 0 saturated heterocycles. The second kappa shape index (κ2) is 5.93. The molecule has 1 aromatic rings. The maximum absolute atomic E-state index is 12.3. The summed E-state index contributed by atoms with van der Waals surface area (Å²) in [7, 11) is 0. The van der Waals surface area contributed by atoms with Crippen molar-refractivity contribution in [2.24, 2.45) is 5.73 Å². The van der Waals surface area contributed by atoms with Crippen LogP contribution in [-0.2, 0) is 11.3 Å². The molecule has 0 spiro atoms. The Labute approximate surface area is 119 Å². The average Bonchev–Trinajstić information content (AvgIpc) is 2.35. The van der Waals surface area contributed by atoms with Crippen molar-refractivity contribution in [3.05, 3.63) is 34.9 Å². The predicted molar refractivity (Wildman–Crippen MR) is 77.9 cm³/mol. The molecular weight excluding hydrogens is 260 g/mol. The first-order valence-electron chi connectivity index (χ1n) is 6.84. The Morgan fingerprint density at radius 2 is 2.11 bits per heavy atom. The Morgan fingerprint density at radius 3 is 2.63 bits per heavy atom. The van der Waals surface area contributed by atoms with E-state index in [0.29, 0.717) is 24.5 Å². The maximum Gasteiger partial charge on any atom is 0.224 e. The van der Waals surface area contributed by atoms with Gasteiger partial charge in [-0.15, -0.1) is 0 Å². The minimum absolute atomic E-state index is 0.129. The lowest BCUT2D eigenvalue weighted by molar-refractivity contribution is -0.133. The molecule has 4 heteroatoms. The van der Waals surface area contributed by atoms with Crippen LogP contribution in [0.2, 0.25) is 5.02 Å². The monoisotopic (exact) mass is 280 g/mol. The van der Waals surface area contributed by atoms with Gasteiger partial charge in [0.05, 0.1) is 0 Å². The van der Waals surface area contributed by atoms with Gasteiger partial charge in [-0.2, -0.15) is 0 Å². The molecule has 0 radical (unpaired) electrons. The predicted octanol–water partition coefficient (Wildman–Crippen LogP) is 2.96. The summed E-state index contributed by atoms with van der Waals surface area (Å²) in [6.45, 7) is 3.23. The second-order valence-corrected chi connectivity index (χ2v) is 5.80. The highest BCUT2D eigenvalue weighted by molar-refractivity contribution is 6.31. The Hall–Kier alpha value is -1.06. The van der Waals surface area contributed by atoms with E-state index >= 15 is 0 Å². The zero-order valence-corrected chi connectivity index (χ0v) is 12.1. The first-order valence-corrected chi connectivity index (χ1v) is 7.22. The molecule has 3 nitrogen and oxygen atoms in total. The van der Waals surface area contributed by atoms with Crippen molar-refractivity contribution in [1.29, 1.82) is 0 Å². The molecule has 1 amide bonds. The molecule has 104 valence electrons. The van der Waals surface area contributed by atoms with Crippen LogP contribution in [-0.4, -0.2) is 22.9 Å². The molecule has 2 N–H and O–H groups in total. The number of halogens is 1. The number of hydrogen-bond donors (Lipinski definition) is 1. The van der Waals surface area contributed by atoms with E-state index < -0.39 is 0 Å². The van der Waals surface area contributed by atoms with Gasteiger partial charge >= 0.3 is 0 Å². The third-order valence-corrected chi connectivity index (χ3v) is 4.27. The topological polar surface area (TPSA) is 46.3 Å². The number of nitrogens with zero attached hydrogens (tertiary/aromatic N) is 1. The standard InChI is InChI=1S/C15H21ClN2O/c1-2-18(11-12-6-3-4-7-13(12)16)14(19)10-15(17)8-5-9-15/h3-4,6-7H,2,5,8-11,17H2,1H3. The highest BCUT2D eigenvalue weighted by Crippen LogP contribution is 2.32. The molecule has 0 aliphatic heterocycles. The molecule has 19 heavy (non-hydrogen) atoms. The van der Waals surface area contributed by atoms with Crippen molar-refractivity contribution < 1.29 is 4.79 Å². The Kier molecular flexibility index (Phi) is 4.48. The van der Waals surface area contributed by atoms with Gasteiger partial charge in [0.2, 0.25) is 5.91 Å². The largest absolute Gasteiger partial charge is 0.339 e. The van der Waals surface area contributed by atoms with E-state index in [1.807, 2.05) is 36.1 Å².